The van der Waals surface area contributed by atoms with E-state index in [0.29, 0.717) is 13.1 Å². The van der Waals surface area contributed by atoms with Gasteiger partial charge in [0.25, 0.3) is 5.91 Å². The molecule has 0 radical (unpaired) electrons. The first-order valence-electron chi connectivity index (χ1n) is 7.96. The Morgan fingerprint density at radius 2 is 1.75 bits per heavy atom. The van der Waals surface area contributed by atoms with Gasteiger partial charge in [0, 0.05) is 13.1 Å². The number of likely N-dealkylation sites (tertiary alicyclic amines) is 1. The Bertz CT molecular complexity index is 579. The predicted molar refractivity (Wildman–Crippen MR) is 81.2 cm³/mol. The molecule has 1 saturated heterocycles. The van der Waals surface area contributed by atoms with E-state index < -0.39 is 17.7 Å². The number of carbonyl (C=O) groups excluding carboxylic acids is 2. The third-order valence-electron chi connectivity index (χ3n) is 3.92. The Hall–Kier alpha value is -2.05. The Morgan fingerprint density at radius 1 is 1.08 bits per heavy atom. The van der Waals surface area contributed by atoms with Crippen LogP contribution < -0.4 is 0 Å². The van der Waals surface area contributed by atoms with E-state index in [-0.39, 0.29) is 24.5 Å². The summed E-state index contributed by atoms with van der Waals surface area (Å²) in [6.45, 7) is 0.950. The summed E-state index contributed by atoms with van der Waals surface area (Å²) in [7, 11) is 0. The number of alkyl halides is 3. The van der Waals surface area contributed by atoms with Crippen LogP contribution in [0.2, 0.25) is 0 Å². The van der Waals surface area contributed by atoms with Crippen molar-refractivity contribution < 1.29 is 27.5 Å². The van der Waals surface area contributed by atoms with Crippen molar-refractivity contribution in [3.05, 3.63) is 35.4 Å². The molecule has 1 aromatic carbocycles. The molecule has 1 fully saturated rings. The Labute approximate surface area is 138 Å². The fraction of sp³-hybridized carbons (Fsp3) is 0.529. The van der Waals surface area contributed by atoms with Gasteiger partial charge in [-0.25, -0.2) is 0 Å². The molecule has 0 spiro atoms. The van der Waals surface area contributed by atoms with Crippen LogP contribution in [-0.2, 0) is 26.9 Å². The second-order valence-corrected chi connectivity index (χ2v) is 5.83. The number of benzene rings is 1. The average molecular weight is 343 g/mol. The van der Waals surface area contributed by atoms with Gasteiger partial charge in [-0.2, -0.15) is 13.2 Å². The summed E-state index contributed by atoms with van der Waals surface area (Å²) in [5.41, 5.74) is -0.606. The van der Waals surface area contributed by atoms with Crippen molar-refractivity contribution in [2.75, 3.05) is 19.7 Å². The number of rotatable bonds is 4. The third-order valence-corrected chi connectivity index (χ3v) is 3.92. The molecule has 132 valence electrons. The molecule has 0 N–H and O–H groups in total. The van der Waals surface area contributed by atoms with Crippen molar-refractivity contribution >= 4 is 11.9 Å². The molecule has 0 bridgehead atoms. The number of amides is 1. The van der Waals surface area contributed by atoms with E-state index in [0.717, 1.165) is 37.8 Å². The highest BCUT2D eigenvalue weighted by Crippen LogP contribution is 2.29. The summed E-state index contributed by atoms with van der Waals surface area (Å²) in [6.07, 6.45) is -0.716. The summed E-state index contributed by atoms with van der Waals surface area (Å²) < 4.78 is 42.8. The minimum atomic E-state index is -4.46. The number of esters is 1. The third kappa shape index (κ3) is 5.54. The van der Waals surface area contributed by atoms with E-state index in [9.17, 15) is 22.8 Å². The zero-order valence-electron chi connectivity index (χ0n) is 13.3. The maximum atomic E-state index is 12.6. The lowest BCUT2D eigenvalue weighted by Crippen LogP contribution is -2.35. The number of carbonyl (C=O) groups is 2. The molecule has 2 rings (SSSR count). The smallest absolute Gasteiger partial charge is 0.416 e. The zero-order valence-corrected chi connectivity index (χ0v) is 13.3. The van der Waals surface area contributed by atoms with Crippen molar-refractivity contribution in [1.29, 1.82) is 0 Å². The van der Waals surface area contributed by atoms with Gasteiger partial charge >= 0.3 is 12.1 Å². The van der Waals surface area contributed by atoms with Crippen molar-refractivity contribution in [2.45, 2.75) is 38.3 Å². The molecule has 0 saturated carbocycles. The highest BCUT2D eigenvalue weighted by Gasteiger charge is 2.30. The molecule has 7 heteroatoms. The molecule has 4 nitrogen and oxygen atoms in total. The van der Waals surface area contributed by atoms with Crippen molar-refractivity contribution in [3.63, 3.8) is 0 Å². The molecular formula is C17H20F3NO3. The minimum absolute atomic E-state index is 0.206. The summed E-state index contributed by atoms with van der Waals surface area (Å²) in [5, 5.41) is 0. The van der Waals surface area contributed by atoms with Gasteiger partial charge in [0.2, 0.25) is 0 Å². The van der Waals surface area contributed by atoms with Crippen LogP contribution in [0.25, 0.3) is 0 Å². The van der Waals surface area contributed by atoms with E-state index in [1.165, 1.54) is 12.1 Å². The monoisotopic (exact) mass is 343 g/mol. The van der Waals surface area contributed by atoms with E-state index in [1.54, 1.807) is 4.90 Å². The van der Waals surface area contributed by atoms with Crippen LogP contribution in [0.1, 0.15) is 36.8 Å². The van der Waals surface area contributed by atoms with Gasteiger partial charge in [-0.05, 0) is 24.5 Å². The standard InChI is InChI=1S/C17H20F3NO3/c18-17(19,20)14-7-5-6-13(10-14)11-16(23)24-12-15(22)21-8-3-1-2-4-9-21/h5-7,10H,1-4,8-9,11-12H2. The molecule has 0 atom stereocenters. The van der Waals surface area contributed by atoms with Gasteiger partial charge in [0.05, 0.1) is 12.0 Å². The van der Waals surface area contributed by atoms with Crippen LogP contribution in [0.3, 0.4) is 0 Å². The van der Waals surface area contributed by atoms with Crippen molar-refractivity contribution in [1.82, 2.24) is 4.90 Å². The van der Waals surface area contributed by atoms with Gasteiger partial charge in [0.15, 0.2) is 6.61 Å². The van der Waals surface area contributed by atoms with Gasteiger partial charge in [-0.1, -0.05) is 31.0 Å². The number of hydrogen-bond donors (Lipinski definition) is 0. The molecule has 0 aromatic heterocycles. The summed E-state index contributed by atoms with van der Waals surface area (Å²) in [4.78, 5) is 25.4. The molecule has 1 aromatic rings. The Morgan fingerprint density at radius 3 is 2.38 bits per heavy atom. The predicted octanol–water partition coefficient (Wildman–Crippen LogP) is 3.19. The van der Waals surface area contributed by atoms with Crippen molar-refractivity contribution in [3.8, 4) is 0 Å². The maximum absolute atomic E-state index is 12.6. The molecule has 0 aliphatic carbocycles. The van der Waals surface area contributed by atoms with E-state index in [2.05, 4.69) is 0 Å². The van der Waals surface area contributed by atoms with E-state index in [1.807, 2.05) is 0 Å². The first kappa shape index (κ1) is 18.3. The number of hydrogen-bond acceptors (Lipinski definition) is 3. The molecule has 1 aliphatic heterocycles. The first-order valence-corrected chi connectivity index (χ1v) is 7.96. The normalized spacial score (nSPS) is 15.7. The number of halogens is 3. The average Bonchev–Trinajstić information content (AvgIpc) is 2.81. The quantitative estimate of drug-likeness (QED) is 0.789. The van der Waals surface area contributed by atoms with Crippen LogP contribution in [0.15, 0.2) is 24.3 Å². The topological polar surface area (TPSA) is 46.6 Å². The lowest BCUT2D eigenvalue weighted by Gasteiger charge is -2.19. The van der Waals surface area contributed by atoms with Gasteiger partial charge in [-0.3, -0.25) is 9.59 Å². The van der Waals surface area contributed by atoms with Gasteiger partial charge in [0.1, 0.15) is 0 Å². The highest BCUT2D eigenvalue weighted by atomic mass is 19.4. The van der Waals surface area contributed by atoms with E-state index in [4.69, 9.17) is 4.74 Å². The largest absolute Gasteiger partial charge is 0.455 e. The SMILES string of the molecule is O=C(Cc1cccc(C(F)(F)F)c1)OCC(=O)N1CCCCCC1. The molecule has 1 amide bonds. The second kappa shape index (κ2) is 8.17. The fourth-order valence-corrected chi connectivity index (χ4v) is 2.63. The fourth-order valence-electron chi connectivity index (χ4n) is 2.63. The summed E-state index contributed by atoms with van der Waals surface area (Å²) in [5.74, 6) is -0.966. The second-order valence-electron chi connectivity index (χ2n) is 5.83. The van der Waals surface area contributed by atoms with Crippen molar-refractivity contribution in [2.24, 2.45) is 0 Å². The Kier molecular flexibility index (Phi) is 6.23. The lowest BCUT2D eigenvalue weighted by molar-refractivity contribution is -0.151. The molecule has 0 unspecified atom stereocenters. The van der Waals surface area contributed by atoms with Crippen LogP contribution in [0.5, 0.6) is 0 Å². The summed E-state index contributed by atoms with van der Waals surface area (Å²) >= 11 is 0. The highest BCUT2D eigenvalue weighted by molar-refractivity contribution is 5.81. The summed E-state index contributed by atoms with van der Waals surface area (Å²) in [6, 6.07) is 4.52. The molecule has 24 heavy (non-hydrogen) atoms. The molecule has 1 heterocycles. The zero-order chi connectivity index (χ0) is 17.6. The van der Waals surface area contributed by atoms with Crippen LogP contribution >= 0.6 is 0 Å². The van der Waals surface area contributed by atoms with Gasteiger partial charge in [-0.15, -0.1) is 0 Å². The maximum Gasteiger partial charge on any atom is 0.416 e. The lowest BCUT2D eigenvalue weighted by atomic mass is 10.1. The molecule has 1 aliphatic rings. The van der Waals surface area contributed by atoms with Gasteiger partial charge < -0.3 is 9.64 Å². The van der Waals surface area contributed by atoms with Crippen LogP contribution in [0.4, 0.5) is 13.2 Å². The van der Waals surface area contributed by atoms with Crippen LogP contribution in [0, 0.1) is 0 Å². The van der Waals surface area contributed by atoms with E-state index >= 15 is 0 Å². The Balaban J connectivity index is 1.84. The molecular weight excluding hydrogens is 323 g/mol. The number of nitrogens with zero attached hydrogens (tertiary/aromatic N) is 1. The minimum Gasteiger partial charge on any atom is -0.455 e. The number of ether oxygens (including phenoxy) is 1. The van der Waals surface area contributed by atoms with Crippen LogP contribution in [-0.4, -0.2) is 36.5 Å². The first-order chi connectivity index (χ1) is 11.4.